The van der Waals surface area contributed by atoms with Crippen molar-refractivity contribution in [1.82, 2.24) is 9.88 Å². The summed E-state index contributed by atoms with van der Waals surface area (Å²) in [5.41, 5.74) is 31.5. The predicted molar refractivity (Wildman–Crippen MR) is 466 cm³/mol. The van der Waals surface area contributed by atoms with Crippen LogP contribution in [0.3, 0.4) is 0 Å². The molecule has 1 aliphatic heterocycles. The number of fused-ring (bicyclic) bond motifs is 6. The van der Waals surface area contributed by atoms with Gasteiger partial charge in [0, 0.05) is 21.9 Å². The summed E-state index contributed by atoms with van der Waals surface area (Å²) in [7, 11) is 0. The molecule has 0 radical (unpaired) electrons. The second kappa shape index (κ2) is 32.5. The van der Waals surface area contributed by atoms with Crippen molar-refractivity contribution in [2.45, 2.75) is 129 Å². The zero-order valence-electron chi connectivity index (χ0n) is 63.8. The minimum absolute atomic E-state index is 0.616. The van der Waals surface area contributed by atoms with E-state index in [4.69, 9.17) is 9.98 Å². The highest BCUT2D eigenvalue weighted by molar-refractivity contribution is 6.15. The molecule has 4 heteroatoms. The molecule has 2 atom stereocenters. The summed E-state index contributed by atoms with van der Waals surface area (Å²) in [4.78, 5) is 11.3. The number of nitrogens with zero attached hydrogens (tertiary/aromatic N) is 3. The quantitative estimate of drug-likeness (QED) is 0.0512. The van der Waals surface area contributed by atoms with E-state index in [1.165, 1.54) is 183 Å². The van der Waals surface area contributed by atoms with Crippen LogP contribution in [-0.4, -0.2) is 16.2 Å². The molecule has 15 aromatic rings. The van der Waals surface area contributed by atoms with E-state index < -0.39 is 11.7 Å². The maximum Gasteiger partial charge on any atom is 0.204 e. The van der Waals surface area contributed by atoms with Crippen molar-refractivity contribution in [2.24, 2.45) is 9.98 Å². The first kappa shape index (κ1) is 71.0. The van der Waals surface area contributed by atoms with E-state index in [-0.39, 0.29) is 0 Å². The maximum absolute atomic E-state index is 5.78. The Labute approximate surface area is 650 Å². The smallest absolute Gasteiger partial charge is 0.204 e. The number of aryl methyl sites for hydroxylation is 3. The molecule has 1 aliphatic carbocycles. The molecule has 0 fully saturated rings. The molecule has 0 saturated heterocycles. The van der Waals surface area contributed by atoms with Crippen LogP contribution in [0, 0.1) is 0 Å². The Morgan fingerprint density at radius 1 is 0.282 bits per heavy atom. The number of rotatable bonds is 27. The molecule has 110 heavy (non-hydrogen) atoms. The zero-order chi connectivity index (χ0) is 74.2. The molecule has 0 bridgehead atoms. The summed E-state index contributed by atoms with van der Waals surface area (Å²) < 4.78 is 2.47. The summed E-state index contributed by atoms with van der Waals surface area (Å²) >= 11 is 0. The van der Waals surface area contributed by atoms with E-state index in [1.54, 1.807) is 0 Å². The number of nitrogens with one attached hydrogen (secondary N) is 1. The largest absolute Gasteiger partial charge is 0.331 e. The van der Waals surface area contributed by atoms with E-state index in [0.717, 1.165) is 80.3 Å². The summed E-state index contributed by atoms with van der Waals surface area (Å²) in [5.74, 6) is 1.42. The van der Waals surface area contributed by atoms with Gasteiger partial charge in [-0.05, 0) is 221 Å². The first-order valence-corrected chi connectivity index (χ1v) is 40.5. The first-order valence-electron chi connectivity index (χ1n) is 40.5. The van der Waals surface area contributed by atoms with Crippen LogP contribution in [0.2, 0.25) is 0 Å². The normalized spacial score (nSPS) is 14.4. The molecule has 0 amide bonds. The summed E-state index contributed by atoms with van der Waals surface area (Å²) in [6, 6.07) is 126. The van der Waals surface area contributed by atoms with Gasteiger partial charge in [-0.1, -0.05) is 358 Å². The van der Waals surface area contributed by atoms with Gasteiger partial charge in [0.15, 0.2) is 5.84 Å². The lowest BCUT2D eigenvalue weighted by Gasteiger charge is -2.34. The fraction of sp³-hybridized carbons (Fsp3) is 0.189. The second-order valence-corrected chi connectivity index (χ2v) is 30.5. The summed E-state index contributed by atoms with van der Waals surface area (Å²) in [5, 5.41) is 6.34. The van der Waals surface area contributed by atoms with Crippen molar-refractivity contribution in [2.75, 3.05) is 0 Å². The molecule has 2 heterocycles. The van der Waals surface area contributed by atoms with Gasteiger partial charge in [0.05, 0.1) is 16.4 Å². The van der Waals surface area contributed by atoms with Crippen molar-refractivity contribution in [3.63, 3.8) is 0 Å². The Hall–Kier alpha value is -12.0. The lowest BCUT2D eigenvalue weighted by Crippen LogP contribution is -2.36. The zero-order valence-corrected chi connectivity index (χ0v) is 63.8. The highest BCUT2D eigenvalue weighted by atomic mass is 15.3. The van der Waals surface area contributed by atoms with Crippen LogP contribution in [0.1, 0.15) is 154 Å². The van der Waals surface area contributed by atoms with Crippen molar-refractivity contribution < 1.29 is 0 Å². The third-order valence-electron chi connectivity index (χ3n) is 23.2. The lowest BCUT2D eigenvalue weighted by molar-refractivity contribution is 0.515. The van der Waals surface area contributed by atoms with Gasteiger partial charge in [-0.3, -0.25) is 0 Å². The van der Waals surface area contributed by atoms with Gasteiger partial charge in [0.25, 0.3) is 0 Å². The van der Waals surface area contributed by atoms with Gasteiger partial charge in [-0.2, -0.15) is 0 Å². The number of unbranched alkanes of at least 4 members (excludes halogenated alkanes) is 9. The van der Waals surface area contributed by atoms with Crippen LogP contribution in [0.15, 0.2) is 344 Å². The molecule has 540 valence electrons. The minimum Gasteiger partial charge on any atom is -0.331 e. The monoisotopic (exact) mass is 1420 g/mol. The number of aromatic nitrogens is 1. The Morgan fingerprint density at radius 2 is 0.673 bits per heavy atom. The van der Waals surface area contributed by atoms with Gasteiger partial charge >= 0.3 is 0 Å². The van der Waals surface area contributed by atoms with Crippen LogP contribution < -0.4 is 5.32 Å². The fourth-order valence-electron chi connectivity index (χ4n) is 17.3. The molecule has 0 spiro atoms. The highest BCUT2D eigenvalue weighted by Crippen LogP contribution is 2.58. The fourth-order valence-corrected chi connectivity index (χ4v) is 17.3. The summed E-state index contributed by atoms with van der Waals surface area (Å²) in [6.45, 7) is 6.86. The molecule has 14 aromatic carbocycles. The highest BCUT2D eigenvalue weighted by Gasteiger charge is 2.47. The minimum atomic E-state index is -0.749. The Kier molecular flexibility index (Phi) is 20.9. The van der Waals surface area contributed by atoms with Crippen molar-refractivity contribution >= 4 is 33.5 Å². The predicted octanol–water partition coefficient (Wildman–Crippen LogP) is 28.1. The maximum atomic E-state index is 5.78. The number of benzene rings is 14. The third kappa shape index (κ3) is 14.6. The van der Waals surface area contributed by atoms with E-state index in [1.807, 2.05) is 0 Å². The second-order valence-electron chi connectivity index (χ2n) is 30.5. The number of amidine groups is 2. The van der Waals surface area contributed by atoms with Gasteiger partial charge in [-0.25, -0.2) is 9.98 Å². The Morgan fingerprint density at radius 3 is 1.23 bits per heavy atom. The average Bonchev–Trinajstić information content (AvgIpc) is 1.52. The lowest BCUT2D eigenvalue weighted by atomic mass is 9.67. The van der Waals surface area contributed by atoms with Crippen LogP contribution in [0.25, 0.3) is 111 Å². The van der Waals surface area contributed by atoms with E-state index in [9.17, 15) is 0 Å². The number of hydrogen-bond acceptors (Lipinski definition) is 3. The van der Waals surface area contributed by atoms with Gasteiger partial charge < -0.3 is 9.88 Å². The molecule has 1 N–H and O–H groups in total. The molecule has 2 unspecified atom stereocenters. The Bertz CT molecular complexity index is 5700. The van der Waals surface area contributed by atoms with E-state index in [0.29, 0.717) is 5.84 Å². The van der Waals surface area contributed by atoms with E-state index in [2.05, 4.69) is 364 Å². The van der Waals surface area contributed by atoms with Crippen molar-refractivity contribution in [1.29, 1.82) is 0 Å². The van der Waals surface area contributed by atoms with Crippen LogP contribution in [0.5, 0.6) is 0 Å². The Balaban J connectivity index is 0.817. The topological polar surface area (TPSA) is 41.7 Å². The van der Waals surface area contributed by atoms with Gasteiger partial charge in [0.2, 0.25) is 6.29 Å². The first-order chi connectivity index (χ1) is 54.4. The van der Waals surface area contributed by atoms with E-state index >= 15 is 0 Å². The SMILES string of the molecule is CCCCCCc1ccc(-c2cc(-c3ccc(CCCCCC)cc3)cc(-c3cccc(-c4cccc(C5(c6ccccc6)c6ccccc6-c6cc7c8cc(-c9ccc(CCCCCC)cc9)ccc8n(C8N=C(c9ccc(-c%10ccccc%10)cc9)N=C(c9ccc(-c%10ccccc%10)cc9)N8)c7cc65)c4)c3)c2)cc1. The summed E-state index contributed by atoms with van der Waals surface area (Å²) in [6.07, 6.45) is 17.8. The molecular formula is C106H96N4. The molecule has 4 nitrogen and oxygen atoms in total. The molecule has 2 aliphatic rings. The number of hydrogen-bond donors (Lipinski definition) is 1. The molecule has 17 rings (SSSR count). The third-order valence-corrected chi connectivity index (χ3v) is 23.2. The van der Waals surface area contributed by atoms with Crippen LogP contribution in [0.4, 0.5) is 0 Å². The van der Waals surface area contributed by atoms with Crippen LogP contribution >= 0.6 is 0 Å². The van der Waals surface area contributed by atoms with Crippen LogP contribution in [-0.2, 0) is 24.7 Å². The number of aliphatic imine (C=N–C) groups is 2. The molecular weight excluding hydrogens is 1330 g/mol. The van der Waals surface area contributed by atoms with Gasteiger partial charge in [-0.15, -0.1) is 0 Å². The molecule has 1 aromatic heterocycles. The standard InChI is InChI=1S/C106H96N4/c1-4-7-10-16-29-74-44-50-81(51-45-74)89-64-65-101-97(71-89)98-72-96-95-42-25-26-43-99(95)106(93-39-23-15-24-40-93,100(96)73-102(98)110(101)105-108-103(84-60-56-79(57-61-84)77-32-19-13-20-33-77)107-104(109-105)85-62-58-80(59-63-85)78-34-21-14-22-35-78)94-41-28-38-88(70-94)86-36-27-37-87(66-86)92-68-90(82-52-46-75(47-53-82)30-17-11-8-5-2)67-91(69-92)83-54-48-76(49-55-83)31-18-12-9-6-3/h13-15,19-28,32-73,105H,4-12,16-18,29-31H2,1-3H3,(H,107,108,109). The van der Waals surface area contributed by atoms with Gasteiger partial charge in [0.1, 0.15) is 5.84 Å². The van der Waals surface area contributed by atoms with Crippen molar-refractivity contribution in [3.8, 4) is 89.0 Å². The average molecular weight is 1430 g/mol. The molecule has 0 saturated carbocycles. The van der Waals surface area contributed by atoms with Crippen molar-refractivity contribution in [3.05, 3.63) is 384 Å².